The molecule has 1 fully saturated rings. The van der Waals surface area contributed by atoms with E-state index in [4.69, 9.17) is 9.47 Å². The van der Waals surface area contributed by atoms with Crippen molar-refractivity contribution in [2.24, 2.45) is 0 Å². The number of amides is 1. The van der Waals surface area contributed by atoms with Crippen molar-refractivity contribution in [3.63, 3.8) is 0 Å². The smallest absolute Gasteiger partial charge is 0.243 e. The minimum absolute atomic E-state index is 0.128. The summed E-state index contributed by atoms with van der Waals surface area (Å²) in [5.74, 6) is 1.17. The van der Waals surface area contributed by atoms with E-state index < -0.39 is 10.0 Å². The van der Waals surface area contributed by atoms with E-state index in [1.165, 1.54) is 26.3 Å². The minimum Gasteiger partial charge on any atom is -0.497 e. The fourth-order valence-corrected chi connectivity index (χ4v) is 4.43. The summed E-state index contributed by atoms with van der Waals surface area (Å²) in [5, 5.41) is 0. The summed E-state index contributed by atoms with van der Waals surface area (Å²) in [4.78, 5) is 16.7. The third kappa shape index (κ3) is 4.85. The quantitative estimate of drug-likeness (QED) is 0.661. The van der Waals surface area contributed by atoms with E-state index in [2.05, 4.69) is 4.90 Å². The molecule has 2 aromatic rings. The molecule has 0 atom stereocenters. The van der Waals surface area contributed by atoms with Gasteiger partial charge in [-0.05, 0) is 48.5 Å². The molecule has 0 N–H and O–H groups in total. The van der Waals surface area contributed by atoms with Gasteiger partial charge < -0.3 is 19.3 Å². The van der Waals surface area contributed by atoms with Crippen molar-refractivity contribution >= 4 is 21.6 Å². The number of carbonyl (C=O) groups is 1. The lowest BCUT2D eigenvalue weighted by Gasteiger charge is -2.36. The first-order valence-corrected chi connectivity index (χ1v) is 11.1. The summed E-state index contributed by atoms with van der Waals surface area (Å²) in [5.41, 5.74) is 1.07. The topological polar surface area (TPSA) is 79.4 Å². The number of anilines is 1. The maximum Gasteiger partial charge on any atom is 0.243 e. The van der Waals surface area contributed by atoms with Crippen LogP contribution >= 0.6 is 0 Å². The van der Waals surface area contributed by atoms with E-state index in [-0.39, 0.29) is 17.3 Å². The van der Waals surface area contributed by atoms with Crippen molar-refractivity contribution in [2.45, 2.75) is 4.90 Å². The Morgan fingerprint density at radius 2 is 1.40 bits per heavy atom. The Kier molecular flexibility index (Phi) is 6.84. The number of sulfonamides is 1. The van der Waals surface area contributed by atoms with Gasteiger partial charge in [0.25, 0.3) is 0 Å². The van der Waals surface area contributed by atoms with Crippen LogP contribution in [0.1, 0.15) is 0 Å². The van der Waals surface area contributed by atoms with E-state index in [9.17, 15) is 13.2 Å². The predicted octanol–water partition coefficient (Wildman–Crippen LogP) is 1.67. The third-order valence-electron chi connectivity index (χ3n) is 5.20. The minimum atomic E-state index is -3.75. The lowest BCUT2D eigenvalue weighted by molar-refractivity contribution is -0.131. The number of rotatable bonds is 7. The van der Waals surface area contributed by atoms with Crippen LogP contribution in [0.15, 0.2) is 53.4 Å². The van der Waals surface area contributed by atoms with E-state index in [1.54, 1.807) is 24.1 Å². The van der Waals surface area contributed by atoms with Crippen molar-refractivity contribution in [1.29, 1.82) is 0 Å². The highest BCUT2D eigenvalue weighted by Crippen LogP contribution is 2.21. The van der Waals surface area contributed by atoms with Crippen LogP contribution in [0.3, 0.4) is 0 Å². The molecular formula is C21H27N3O5S. The molecule has 0 unspecified atom stereocenters. The van der Waals surface area contributed by atoms with Crippen LogP contribution < -0.4 is 14.4 Å². The van der Waals surface area contributed by atoms with Gasteiger partial charge in [-0.2, -0.15) is 4.31 Å². The molecule has 1 heterocycles. The number of hydrogen-bond donors (Lipinski definition) is 0. The standard InChI is InChI=1S/C21H27N3O5S/c1-22(30(26,27)20-10-8-19(29-3)9-11-20)16-21(25)24-14-12-23(13-15-24)17-4-6-18(28-2)7-5-17/h4-11H,12-16H2,1-3H3. The largest absolute Gasteiger partial charge is 0.497 e. The van der Waals surface area contributed by atoms with Gasteiger partial charge >= 0.3 is 0 Å². The Morgan fingerprint density at radius 1 is 0.900 bits per heavy atom. The van der Waals surface area contributed by atoms with Gasteiger partial charge in [0, 0.05) is 38.9 Å². The van der Waals surface area contributed by atoms with Gasteiger partial charge in [0.1, 0.15) is 11.5 Å². The molecular weight excluding hydrogens is 406 g/mol. The molecule has 30 heavy (non-hydrogen) atoms. The summed E-state index contributed by atoms with van der Waals surface area (Å²) in [7, 11) is 0.818. The molecule has 8 nitrogen and oxygen atoms in total. The van der Waals surface area contributed by atoms with Crippen LogP contribution in [0.4, 0.5) is 5.69 Å². The first kappa shape index (κ1) is 21.9. The zero-order chi connectivity index (χ0) is 21.7. The second-order valence-corrected chi connectivity index (χ2v) is 9.05. The summed E-state index contributed by atoms with van der Waals surface area (Å²) in [6.07, 6.45) is 0. The zero-order valence-corrected chi connectivity index (χ0v) is 18.3. The molecule has 0 saturated carbocycles. The number of piperazine rings is 1. The Morgan fingerprint density at radius 3 is 1.90 bits per heavy atom. The average molecular weight is 434 g/mol. The molecule has 3 rings (SSSR count). The molecule has 0 spiro atoms. The number of nitrogens with zero attached hydrogens (tertiary/aromatic N) is 3. The molecule has 1 saturated heterocycles. The molecule has 2 aromatic carbocycles. The number of methoxy groups -OCH3 is 2. The molecule has 162 valence electrons. The van der Waals surface area contributed by atoms with Crippen LogP contribution in [0.5, 0.6) is 11.5 Å². The Bertz CT molecular complexity index is 953. The Balaban J connectivity index is 1.56. The fourth-order valence-electron chi connectivity index (χ4n) is 3.31. The van der Waals surface area contributed by atoms with Gasteiger partial charge in [0.2, 0.25) is 15.9 Å². The van der Waals surface area contributed by atoms with Gasteiger partial charge in [0.15, 0.2) is 0 Å². The van der Waals surface area contributed by atoms with Gasteiger partial charge in [-0.1, -0.05) is 0 Å². The van der Waals surface area contributed by atoms with Gasteiger partial charge in [-0.15, -0.1) is 0 Å². The first-order chi connectivity index (χ1) is 14.3. The third-order valence-corrected chi connectivity index (χ3v) is 7.01. The lowest BCUT2D eigenvalue weighted by Crippen LogP contribution is -2.51. The van der Waals surface area contributed by atoms with Crippen molar-refractivity contribution < 1.29 is 22.7 Å². The molecule has 0 radical (unpaired) electrons. The van der Waals surface area contributed by atoms with E-state index in [0.717, 1.165) is 15.7 Å². The normalized spacial score (nSPS) is 14.7. The summed E-state index contributed by atoms with van der Waals surface area (Å²) in [6, 6.07) is 13.9. The average Bonchev–Trinajstić information content (AvgIpc) is 2.79. The van der Waals surface area contributed by atoms with Crippen LogP contribution in [-0.4, -0.2) is 77.5 Å². The predicted molar refractivity (Wildman–Crippen MR) is 115 cm³/mol. The fraction of sp³-hybridized carbons (Fsp3) is 0.381. The van der Waals surface area contributed by atoms with E-state index in [0.29, 0.717) is 31.9 Å². The van der Waals surface area contributed by atoms with Crippen molar-refractivity contribution in [3.05, 3.63) is 48.5 Å². The zero-order valence-electron chi connectivity index (χ0n) is 17.4. The molecule has 0 aliphatic carbocycles. The van der Waals surface area contributed by atoms with E-state index in [1.807, 2.05) is 24.3 Å². The number of hydrogen-bond acceptors (Lipinski definition) is 6. The van der Waals surface area contributed by atoms with Gasteiger partial charge in [0.05, 0.1) is 25.7 Å². The second kappa shape index (κ2) is 9.36. The molecule has 0 aromatic heterocycles. The number of carbonyl (C=O) groups excluding carboxylic acids is 1. The van der Waals surface area contributed by atoms with E-state index >= 15 is 0 Å². The van der Waals surface area contributed by atoms with Crippen molar-refractivity contribution in [1.82, 2.24) is 9.21 Å². The SMILES string of the molecule is COc1ccc(N2CCN(C(=O)CN(C)S(=O)(=O)c3ccc(OC)cc3)CC2)cc1. The van der Waals surface area contributed by atoms with Crippen LogP contribution in [0.2, 0.25) is 0 Å². The molecule has 1 amide bonds. The Hall–Kier alpha value is -2.78. The maximum absolute atomic E-state index is 12.7. The van der Waals surface area contributed by atoms with Crippen LogP contribution in [-0.2, 0) is 14.8 Å². The number of benzene rings is 2. The Labute approximate surface area is 177 Å². The first-order valence-electron chi connectivity index (χ1n) is 9.62. The monoisotopic (exact) mass is 433 g/mol. The van der Waals surface area contributed by atoms with Gasteiger partial charge in [-0.3, -0.25) is 4.79 Å². The molecule has 9 heteroatoms. The highest BCUT2D eigenvalue weighted by molar-refractivity contribution is 7.89. The summed E-state index contributed by atoms with van der Waals surface area (Å²) in [6.45, 7) is 2.26. The van der Waals surface area contributed by atoms with Crippen LogP contribution in [0, 0.1) is 0 Å². The summed E-state index contributed by atoms with van der Waals surface area (Å²) >= 11 is 0. The molecule has 1 aliphatic heterocycles. The van der Waals surface area contributed by atoms with Crippen LogP contribution in [0.25, 0.3) is 0 Å². The number of likely N-dealkylation sites (N-methyl/N-ethyl adjacent to an activating group) is 1. The highest BCUT2D eigenvalue weighted by Gasteiger charge is 2.27. The van der Waals surface area contributed by atoms with Crippen molar-refractivity contribution in [3.8, 4) is 11.5 Å². The maximum atomic E-state index is 12.7. The highest BCUT2D eigenvalue weighted by atomic mass is 32.2. The number of ether oxygens (including phenoxy) is 2. The summed E-state index contributed by atoms with van der Waals surface area (Å²) < 4.78 is 36.8. The lowest BCUT2D eigenvalue weighted by atomic mass is 10.2. The molecule has 0 bridgehead atoms. The van der Waals surface area contributed by atoms with Crippen molar-refractivity contribution in [2.75, 3.05) is 58.9 Å². The van der Waals surface area contributed by atoms with Gasteiger partial charge in [-0.25, -0.2) is 8.42 Å². The molecule has 1 aliphatic rings. The second-order valence-electron chi connectivity index (χ2n) is 7.00.